The molecule has 0 saturated carbocycles. The smallest absolute Gasteiger partial charge is 0.148 e. The molecule has 21 heavy (non-hydrogen) atoms. The van der Waals surface area contributed by atoms with Crippen LogP contribution in [0.25, 0.3) is 11.0 Å². The molecule has 0 amide bonds. The fourth-order valence-corrected chi connectivity index (χ4v) is 3.48. The van der Waals surface area contributed by atoms with E-state index >= 15 is 0 Å². The summed E-state index contributed by atoms with van der Waals surface area (Å²) >= 11 is 0. The SMILES string of the molecule is CS(=O)(=O)CCN1CCC(c2nc3ccccc3[nH]2)CC1. The van der Waals surface area contributed by atoms with Gasteiger partial charge in [-0.05, 0) is 38.1 Å². The minimum Gasteiger partial charge on any atom is -0.342 e. The number of aromatic nitrogens is 2. The molecule has 5 nitrogen and oxygen atoms in total. The third-order valence-corrected chi connectivity index (χ3v) is 5.08. The Kier molecular flexibility index (Phi) is 3.99. The molecule has 1 aromatic heterocycles. The van der Waals surface area contributed by atoms with Crippen LogP contribution >= 0.6 is 0 Å². The maximum atomic E-state index is 11.2. The molecule has 6 heteroatoms. The van der Waals surface area contributed by atoms with Gasteiger partial charge >= 0.3 is 0 Å². The van der Waals surface area contributed by atoms with E-state index in [1.165, 1.54) is 6.26 Å². The van der Waals surface area contributed by atoms with E-state index in [-0.39, 0.29) is 5.75 Å². The number of piperidine rings is 1. The Bertz CT molecular complexity index is 682. The van der Waals surface area contributed by atoms with Gasteiger partial charge in [0.1, 0.15) is 15.7 Å². The van der Waals surface area contributed by atoms with Crippen molar-refractivity contribution in [1.82, 2.24) is 14.9 Å². The fourth-order valence-electron chi connectivity index (χ4n) is 2.89. The predicted molar refractivity (Wildman–Crippen MR) is 84.2 cm³/mol. The Labute approximate surface area is 125 Å². The van der Waals surface area contributed by atoms with Gasteiger partial charge in [-0.15, -0.1) is 0 Å². The highest BCUT2D eigenvalue weighted by molar-refractivity contribution is 7.90. The van der Waals surface area contributed by atoms with E-state index in [1.807, 2.05) is 24.3 Å². The summed E-state index contributed by atoms with van der Waals surface area (Å²) < 4.78 is 22.4. The average Bonchev–Trinajstić information content (AvgIpc) is 2.89. The highest BCUT2D eigenvalue weighted by atomic mass is 32.2. The molecule has 0 unspecified atom stereocenters. The van der Waals surface area contributed by atoms with Gasteiger partial charge in [0, 0.05) is 18.7 Å². The molecule has 0 bridgehead atoms. The van der Waals surface area contributed by atoms with Crippen molar-refractivity contribution in [2.45, 2.75) is 18.8 Å². The minimum atomic E-state index is -2.87. The summed E-state index contributed by atoms with van der Waals surface area (Å²) in [6.45, 7) is 2.53. The van der Waals surface area contributed by atoms with Crippen molar-refractivity contribution in [3.63, 3.8) is 0 Å². The lowest BCUT2D eigenvalue weighted by molar-refractivity contribution is 0.220. The van der Waals surface area contributed by atoms with E-state index in [1.54, 1.807) is 0 Å². The number of H-pyrrole nitrogens is 1. The lowest BCUT2D eigenvalue weighted by atomic mass is 9.96. The largest absolute Gasteiger partial charge is 0.342 e. The first-order valence-corrected chi connectivity index (χ1v) is 9.42. The molecule has 0 spiro atoms. The number of sulfone groups is 1. The van der Waals surface area contributed by atoms with Crippen molar-refractivity contribution < 1.29 is 8.42 Å². The van der Waals surface area contributed by atoms with E-state index in [9.17, 15) is 8.42 Å². The van der Waals surface area contributed by atoms with Crippen LogP contribution in [0.2, 0.25) is 0 Å². The van der Waals surface area contributed by atoms with E-state index in [2.05, 4.69) is 14.9 Å². The molecule has 1 aromatic carbocycles. The number of likely N-dealkylation sites (tertiary alicyclic amines) is 1. The highest BCUT2D eigenvalue weighted by Gasteiger charge is 2.23. The van der Waals surface area contributed by atoms with E-state index in [0.29, 0.717) is 12.5 Å². The standard InChI is InChI=1S/C15H21N3O2S/c1-21(19,20)11-10-18-8-6-12(7-9-18)15-16-13-4-2-3-5-14(13)17-15/h2-5,12H,6-11H2,1H3,(H,16,17). The zero-order valence-electron chi connectivity index (χ0n) is 12.2. The zero-order valence-corrected chi connectivity index (χ0v) is 13.1. The molecule has 1 aliphatic rings. The van der Waals surface area contributed by atoms with Crippen LogP contribution in [-0.2, 0) is 9.84 Å². The number of aromatic amines is 1. The maximum Gasteiger partial charge on any atom is 0.148 e. The van der Waals surface area contributed by atoms with E-state index in [4.69, 9.17) is 0 Å². The van der Waals surface area contributed by atoms with Crippen molar-refractivity contribution in [2.24, 2.45) is 0 Å². The molecule has 1 N–H and O–H groups in total. The Morgan fingerprint density at radius 3 is 2.67 bits per heavy atom. The minimum absolute atomic E-state index is 0.252. The molecule has 0 atom stereocenters. The first kappa shape index (κ1) is 14.5. The van der Waals surface area contributed by atoms with Gasteiger partial charge in [-0.1, -0.05) is 12.1 Å². The van der Waals surface area contributed by atoms with Crippen molar-refractivity contribution in [3.8, 4) is 0 Å². The average molecular weight is 307 g/mol. The van der Waals surface area contributed by atoms with Crippen molar-refractivity contribution in [3.05, 3.63) is 30.1 Å². The second-order valence-electron chi connectivity index (χ2n) is 5.88. The third kappa shape index (κ3) is 3.63. The normalized spacial score (nSPS) is 18.3. The molecule has 2 aromatic rings. The Hall–Kier alpha value is -1.40. The number of hydrogen-bond acceptors (Lipinski definition) is 4. The summed E-state index contributed by atoms with van der Waals surface area (Å²) in [5.74, 6) is 1.77. The number of nitrogens with zero attached hydrogens (tertiary/aromatic N) is 2. The van der Waals surface area contributed by atoms with Gasteiger partial charge < -0.3 is 9.88 Å². The van der Waals surface area contributed by atoms with Crippen LogP contribution in [0.15, 0.2) is 24.3 Å². The van der Waals surface area contributed by atoms with Crippen LogP contribution < -0.4 is 0 Å². The Morgan fingerprint density at radius 2 is 2.00 bits per heavy atom. The van der Waals surface area contributed by atoms with Crippen molar-refractivity contribution in [1.29, 1.82) is 0 Å². The lowest BCUT2D eigenvalue weighted by Crippen LogP contribution is -2.36. The number of para-hydroxylation sites is 2. The van der Waals surface area contributed by atoms with Crippen LogP contribution in [0.1, 0.15) is 24.6 Å². The van der Waals surface area contributed by atoms with Gasteiger partial charge in [0.15, 0.2) is 0 Å². The number of benzene rings is 1. The summed E-state index contributed by atoms with van der Waals surface area (Å²) in [6.07, 6.45) is 3.36. The van der Waals surface area contributed by atoms with E-state index in [0.717, 1.165) is 42.8 Å². The first-order chi connectivity index (χ1) is 10.0. The van der Waals surface area contributed by atoms with Crippen LogP contribution in [-0.4, -0.2) is 54.9 Å². The van der Waals surface area contributed by atoms with Gasteiger partial charge in [-0.25, -0.2) is 13.4 Å². The quantitative estimate of drug-likeness (QED) is 0.935. The number of hydrogen-bond donors (Lipinski definition) is 1. The molecular weight excluding hydrogens is 286 g/mol. The van der Waals surface area contributed by atoms with Crippen LogP contribution in [0.5, 0.6) is 0 Å². The summed E-state index contributed by atoms with van der Waals surface area (Å²) in [5, 5.41) is 0. The fraction of sp³-hybridized carbons (Fsp3) is 0.533. The predicted octanol–water partition coefficient (Wildman–Crippen LogP) is 1.79. The first-order valence-electron chi connectivity index (χ1n) is 7.36. The summed E-state index contributed by atoms with van der Waals surface area (Å²) in [7, 11) is -2.87. The topological polar surface area (TPSA) is 66.1 Å². The number of fused-ring (bicyclic) bond motifs is 1. The lowest BCUT2D eigenvalue weighted by Gasteiger charge is -2.30. The molecular formula is C15H21N3O2S. The second kappa shape index (κ2) is 5.77. The van der Waals surface area contributed by atoms with Crippen LogP contribution in [0.3, 0.4) is 0 Å². The monoisotopic (exact) mass is 307 g/mol. The zero-order chi connectivity index (χ0) is 14.9. The molecule has 3 rings (SSSR count). The number of rotatable bonds is 4. The second-order valence-corrected chi connectivity index (χ2v) is 8.14. The summed E-state index contributed by atoms with van der Waals surface area (Å²) in [5.41, 5.74) is 2.11. The van der Waals surface area contributed by atoms with E-state index < -0.39 is 9.84 Å². The van der Waals surface area contributed by atoms with Crippen LogP contribution in [0.4, 0.5) is 0 Å². The van der Waals surface area contributed by atoms with Gasteiger partial charge in [0.2, 0.25) is 0 Å². The van der Waals surface area contributed by atoms with Crippen molar-refractivity contribution >= 4 is 20.9 Å². The van der Waals surface area contributed by atoms with Gasteiger partial charge in [0.25, 0.3) is 0 Å². The molecule has 2 heterocycles. The molecule has 0 aliphatic carbocycles. The Morgan fingerprint density at radius 1 is 1.29 bits per heavy atom. The summed E-state index contributed by atoms with van der Waals surface area (Å²) in [6, 6.07) is 8.09. The molecule has 1 fully saturated rings. The number of nitrogens with one attached hydrogen (secondary N) is 1. The number of imidazole rings is 1. The summed E-state index contributed by atoms with van der Waals surface area (Å²) in [4.78, 5) is 10.3. The highest BCUT2D eigenvalue weighted by Crippen LogP contribution is 2.27. The van der Waals surface area contributed by atoms with Crippen molar-refractivity contribution in [2.75, 3.05) is 31.6 Å². The molecule has 1 aliphatic heterocycles. The Balaban J connectivity index is 1.60. The third-order valence-electron chi connectivity index (χ3n) is 4.16. The van der Waals surface area contributed by atoms with Crippen LogP contribution in [0, 0.1) is 0 Å². The maximum absolute atomic E-state index is 11.2. The molecule has 114 valence electrons. The molecule has 1 saturated heterocycles. The molecule has 0 radical (unpaired) electrons. The van der Waals surface area contributed by atoms with Gasteiger partial charge in [-0.2, -0.15) is 0 Å². The van der Waals surface area contributed by atoms with Gasteiger partial charge in [0.05, 0.1) is 16.8 Å². The van der Waals surface area contributed by atoms with Gasteiger partial charge in [-0.3, -0.25) is 0 Å².